The van der Waals surface area contributed by atoms with Crippen LogP contribution in [-0.4, -0.2) is 19.8 Å². The smallest absolute Gasteiger partial charge is 0.0662 e. The molecule has 4 heteroatoms. The Morgan fingerprint density at radius 1 is 1.50 bits per heavy atom. The molecule has 76 valence electrons. The molecule has 3 N–H and O–H groups in total. The van der Waals surface area contributed by atoms with Crippen LogP contribution in [0, 0.1) is 0 Å². The van der Waals surface area contributed by atoms with E-state index in [1.165, 1.54) is 0 Å². The van der Waals surface area contributed by atoms with Gasteiger partial charge in [0.25, 0.3) is 0 Å². The van der Waals surface area contributed by atoms with Gasteiger partial charge in [-0.2, -0.15) is 0 Å². The molecule has 1 aromatic rings. The fraction of sp³-hybridized carbons (Fsp3) is 0.400. The quantitative estimate of drug-likeness (QED) is 0.753. The van der Waals surface area contributed by atoms with Gasteiger partial charge in [0.1, 0.15) is 0 Å². The van der Waals surface area contributed by atoms with E-state index in [2.05, 4.69) is 21.2 Å². The largest absolute Gasteiger partial charge is 0.398 e. The topological polar surface area (TPSA) is 47.3 Å². The summed E-state index contributed by atoms with van der Waals surface area (Å²) in [6.07, 6.45) is 0. The van der Waals surface area contributed by atoms with Crippen LogP contribution in [-0.2, 0) is 4.74 Å². The number of nitrogen functional groups attached to an aromatic ring is 1. The van der Waals surface area contributed by atoms with Crippen molar-refractivity contribution >= 4 is 21.6 Å². The first-order valence-corrected chi connectivity index (χ1v) is 5.43. The molecule has 3 nitrogen and oxygen atoms in total. The number of anilines is 1. The number of rotatable bonds is 1. The molecule has 0 amide bonds. The van der Waals surface area contributed by atoms with Gasteiger partial charge in [-0.1, -0.05) is 22.0 Å². The van der Waals surface area contributed by atoms with Crippen LogP contribution < -0.4 is 11.1 Å². The van der Waals surface area contributed by atoms with Crippen LogP contribution in [0.4, 0.5) is 5.69 Å². The summed E-state index contributed by atoms with van der Waals surface area (Å²) in [6, 6.07) is 6.19. The molecule has 0 spiro atoms. The molecule has 1 aliphatic rings. The summed E-state index contributed by atoms with van der Waals surface area (Å²) in [5, 5.41) is 3.38. The Bertz CT molecular complexity index is 324. The van der Waals surface area contributed by atoms with Gasteiger partial charge < -0.3 is 15.8 Å². The highest BCUT2D eigenvalue weighted by molar-refractivity contribution is 9.10. The third-order valence-corrected chi connectivity index (χ3v) is 2.84. The number of halogens is 1. The minimum atomic E-state index is 0.233. The molecule has 1 aliphatic heterocycles. The molecule has 0 saturated carbocycles. The van der Waals surface area contributed by atoms with Crippen LogP contribution in [0.5, 0.6) is 0 Å². The van der Waals surface area contributed by atoms with Gasteiger partial charge in [0, 0.05) is 16.7 Å². The molecule has 1 aromatic carbocycles. The number of ether oxygens (including phenoxy) is 1. The van der Waals surface area contributed by atoms with E-state index in [1.54, 1.807) is 0 Å². The summed E-state index contributed by atoms with van der Waals surface area (Å²) in [5.41, 5.74) is 7.85. The number of nitrogens with one attached hydrogen (secondary N) is 1. The number of hydrogen-bond acceptors (Lipinski definition) is 3. The van der Waals surface area contributed by atoms with Crippen LogP contribution in [0.1, 0.15) is 11.6 Å². The van der Waals surface area contributed by atoms with Crippen LogP contribution in [0.2, 0.25) is 0 Å². The van der Waals surface area contributed by atoms with Gasteiger partial charge in [-0.3, -0.25) is 0 Å². The highest BCUT2D eigenvalue weighted by Gasteiger charge is 2.17. The molecule has 0 radical (unpaired) electrons. The summed E-state index contributed by atoms with van der Waals surface area (Å²) in [7, 11) is 0. The first kappa shape index (κ1) is 9.96. The van der Waals surface area contributed by atoms with E-state index in [0.717, 1.165) is 28.9 Å². The Labute approximate surface area is 91.8 Å². The molecule has 1 heterocycles. The third kappa shape index (κ3) is 2.08. The zero-order valence-electron chi connectivity index (χ0n) is 7.79. The molecule has 1 saturated heterocycles. The maximum absolute atomic E-state index is 5.93. The lowest BCUT2D eigenvalue weighted by atomic mass is 10.1. The molecule has 1 atom stereocenters. The number of morpholine rings is 1. The Hall–Kier alpha value is -0.580. The standard InChI is InChI=1S/C10H13BrN2O/c11-7-1-2-8(9(12)5-7)10-6-14-4-3-13-10/h1-2,5,10,13H,3-4,6,12H2/t10-/m0/s1. The van der Waals surface area contributed by atoms with Crippen molar-refractivity contribution in [2.75, 3.05) is 25.5 Å². The zero-order chi connectivity index (χ0) is 9.97. The maximum atomic E-state index is 5.93. The van der Waals surface area contributed by atoms with Crippen molar-refractivity contribution in [2.24, 2.45) is 0 Å². The van der Waals surface area contributed by atoms with Crippen molar-refractivity contribution in [2.45, 2.75) is 6.04 Å². The van der Waals surface area contributed by atoms with Gasteiger partial charge in [0.15, 0.2) is 0 Å². The van der Waals surface area contributed by atoms with Crippen molar-refractivity contribution in [3.63, 3.8) is 0 Å². The average molecular weight is 257 g/mol. The van der Waals surface area contributed by atoms with Crippen LogP contribution >= 0.6 is 15.9 Å². The Balaban J connectivity index is 2.22. The fourth-order valence-electron chi connectivity index (χ4n) is 1.63. The lowest BCUT2D eigenvalue weighted by molar-refractivity contribution is 0.0771. The van der Waals surface area contributed by atoms with Crippen LogP contribution in [0.3, 0.4) is 0 Å². The molecule has 0 unspecified atom stereocenters. The second kappa shape index (κ2) is 4.29. The second-order valence-corrected chi connectivity index (χ2v) is 4.27. The highest BCUT2D eigenvalue weighted by Crippen LogP contribution is 2.25. The number of hydrogen-bond donors (Lipinski definition) is 2. The van der Waals surface area contributed by atoms with Gasteiger partial charge in [-0.05, 0) is 17.7 Å². The highest BCUT2D eigenvalue weighted by atomic mass is 79.9. The first-order chi connectivity index (χ1) is 6.77. The Kier molecular flexibility index (Phi) is 3.05. The number of nitrogens with two attached hydrogens (primary N) is 1. The van der Waals surface area contributed by atoms with Crippen LogP contribution in [0.25, 0.3) is 0 Å². The van der Waals surface area contributed by atoms with Gasteiger partial charge >= 0.3 is 0 Å². The minimum Gasteiger partial charge on any atom is -0.398 e. The predicted octanol–water partition coefficient (Wildman–Crippen LogP) is 1.69. The normalized spacial score (nSPS) is 22.2. The lowest BCUT2D eigenvalue weighted by Crippen LogP contribution is -2.34. The molecule has 1 fully saturated rings. The summed E-state index contributed by atoms with van der Waals surface area (Å²) in [4.78, 5) is 0. The van der Waals surface area contributed by atoms with Gasteiger partial charge in [0.2, 0.25) is 0 Å². The van der Waals surface area contributed by atoms with E-state index in [4.69, 9.17) is 10.5 Å². The van der Waals surface area contributed by atoms with Crippen LogP contribution in [0.15, 0.2) is 22.7 Å². The first-order valence-electron chi connectivity index (χ1n) is 4.63. The van der Waals surface area contributed by atoms with Crippen molar-refractivity contribution in [3.8, 4) is 0 Å². The van der Waals surface area contributed by atoms with Crippen molar-refractivity contribution in [1.82, 2.24) is 5.32 Å². The molecular formula is C10H13BrN2O. The van der Waals surface area contributed by atoms with E-state index in [-0.39, 0.29) is 6.04 Å². The molecule has 2 rings (SSSR count). The Morgan fingerprint density at radius 3 is 3.00 bits per heavy atom. The maximum Gasteiger partial charge on any atom is 0.0662 e. The van der Waals surface area contributed by atoms with E-state index in [1.807, 2.05) is 18.2 Å². The van der Waals surface area contributed by atoms with Gasteiger partial charge in [-0.25, -0.2) is 0 Å². The van der Waals surface area contributed by atoms with E-state index in [0.29, 0.717) is 6.61 Å². The van der Waals surface area contributed by atoms with E-state index < -0.39 is 0 Å². The molecule has 0 aromatic heterocycles. The summed E-state index contributed by atoms with van der Waals surface area (Å²) < 4.78 is 6.40. The molecule has 14 heavy (non-hydrogen) atoms. The SMILES string of the molecule is Nc1cc(Br)ccc1[C@@H]1COCCN1. The lowest BCUT2D eigenvalue weighted by Gasteiger charge is -2.25. The molecule has 0 bridgehead atoms. The van der Waals surface area contributed by atoms with Crippen molar-refractivity contribution in [3.05, 3.63) is 28.2 Å². The second-order valence-electron chi connectivity index (χ2n) is 3.35. The van der Waals surface area contributed by atoms with E-state index in [9.17, 15) is 0 Å². The number of benzene rings is 1. The van der Waals surface area contributed by atoms with Crippen molar-refractivity contribution < 1.29 is 4.74 Å². The summed E-state index contributed by atoms with van der Waals surface area (Å²) in [5.74, 6) is 0. The molecule has 0 aliphatic carbocycles. The minimum absolute atomic E-state index is 0.233. The zero-order valence-corrected chi connectivity index (χ0v) is 9.38. The Morgan fingerprint density at radius 2 is 2.36 bits per heavy atom. The van der Waals surface area contributed by atoms with E-state index >= 15 is 0 Å². The van der Waals surface area contributed by atoms with Gasteiger partial charge in [-0.15, -0.1) is 0 Å². The van der Waals surface area contributed by atoms with Gasteiger partial charge in [0.05, 0.1) is 19.3 Å². The average Bonchev–Trinajstić information content (AvgIpc) is 2.19. The summed E-state index contributed by atoms with van der Waals surface area (Å²) >= 11 is 3.39. The predicted molar refractivity (Wildman–Crippen MR) is 60.1 cm³/mol. The summed E-state index contributed by atoms with van der Waals surface area (Å²) in [6.45, 7) is 2.37. The van der Waals surface area contributed by atoms with Crippen molar-refractivity contribution in [1.29, 1.82) is 0 Å². The fourth-order valence-corrected chi connectivity index (χ4v) is 2.01. The monoisotopic (exact) mass is 256 g/mol. The third-order valence-electron chi connectivity index (χ3n) is 2.35. The molecular weight excluding hydrogens is 244 g/mol.